The number of aliphatic hydroxyl groups excluding tert-OH is 3. The van der Waals surface area contributed by atoms with Gasteiger partial charge in [0, 0.05) is 0 Å². The monoisotopic (exact) mass is 338 g/mol. The number of hydrogen-bond donors (Lipinski definition) is 6. The third-order valence-corrected chi connectivity index (χ3v) is 3.90. The number of aliphatic hydroxyl groups is 3. The van der Waals surface area contributed by atoms with Crippen LogP contribution >= 0.6 is 0 Å². The van der Waals surface area contributed by atoms with Gasteiger partial charge >= 0.3 is 10.1 Å². The average Bonchev–Trinajstić information content (AvgIpc) is 2.89. The number of amides is 1. The summed E-state index contributed by atoms with van der Waals surface area (Å²) < 4.78 is 37.5. The van der Waals surface area contributed by atoms with Crippen LogP contribution in [0.25, 0.3) is 0 Å². The van der Waals surface area contributed by atoms with Crippen LogP contribution < -0.4 is 11.5 Å². The van der Waals surface area contributed by atoms with Crippen LogP contribution in [-0.2, 0) is 14.9 Å². The van der Waals surface area contributed by atoms with E-state index in [-0.39, 0.29) is 0 Å². The first-order valence-corrected chi connectivity index (χ1v) is 7.31. The number of rotatable bonds is 4. The molecule has 12 nitrogen and oxygen atoms in total. The maximum Gasteiger partial charge on any atom is 0.328 e. The van der Waals surface area contributed by atoms with E-state index in [1.807, 2.05) is 0 Å². The van der Waals surface area contributed by atoms with Crippen molar-refractivity contribution in [2.75, 3.05) is 12.3 Å². The van der Waals surface area contributed by atoms with Gasteiger partial charge in [-0.2, -0.15) is 8.42 Å². The minimum absolute atomic E-state index is 0.513. The minimum Gasteiger partial charge on any atom is -0.394 e. The Morgan fingerprint density at radius 2 is 1.95 bits per heavy atom. The molecule has 22 heavy (non-hydrogen) atoms. The minimum atomic E-state index is -4.94. The van der Waals surface area contributed by atoms with Gasteiger partial charge in [0.05, 0.1) is 6.61 Å². The SMILES string of the molecule is NC(=O)c1nc(S(=O)(=O)O)n([C@@H]2O[C@H](CO)[C@@H](O)[C@H]2O)c1N. The third-order valence-electron chi connectivity index (χ3n) is 3.15. The molecule has 1 aliphatic heterocycles. The molecule has 1 saturated heterocycles. The number of anilines is 1. The summed E-state index contributed by atoms with van der Waals surface area (Å²) in [6, 6.07) is 0. The van der Waals surface area contributed by atoms with Crippen LogP contribution in [0.2, 0.25) is 0 Å². The molecular weight excluding hydrogens is 324 g/mol. The predicted molar refractivity (Wildman–Crippen MR) is 68.0 cm³/mol. The first kappa shape index (κ1) is 16.6. The van der Waals surface area contributed by atoms with Crippen LogP contribution in [0.3, 0.4) is 0 Å². The van der Waals surface area contributed by atoms with Gasteiger partial charge in [-0.3, -0.25) is 13.9 Å². The van der Waals surface area contributed by atoms with Crippen molar-refractivity contribution in [1.82, 2.24) is 9.55 Å². The molecule has 1 fully saturated rings. The van der Waals surface area contributed by atoms with E-state index in [1.165, 1.54) is 0 Å². The second-order valence-corrected chi connectivity index (χ2v) is 5.88. The van der Waals surface area contributed by atoms with Crippen molar-refractivity contribution in [1.29, 1.82) is 0 Å². The Morgan fingerprint density at radius 1 is 1.36 bits per heavy atom. The van der Waals surface area contributed by atoms with E-state index in [0.717, 1.165) is 0 Å². The number of nitrogen functional groups attached to an aromatic ring is 1. The van der Waals surface area contributed by atoms with Gasteiger partial charge in [0.1, 0.15) is 24.1 Å². The molecule has 0 bridgehead atoms. The van der Waals surface area contributed by atoms with Gasteiger partial charge in [-0.15, -0.1) is 0 Å². The molecule has 4 atom stereocenters. The number of primary amides is 1. The normalized spacial score (nSPS) is 28.9. The van der Waals surface area contributed by atoms with Crippen molar-refractivity contribution in [2.45, 2.75) is 29.7 Å². The van der Waals surface area contributed by atoms with E-state index in [2.05, 4.69) is 4.98 Å². The number of carbonyl (C=O) groups excluding carboxylic acids is 1. The summed E-state index contributed by atoms with van der Waals surface area (Å²) in [7, 11) is -4.94. The average molecular weight is 338 g/mol. The molecule has 0 aromatic carbocycles. The number of carbonyl (C=O) groups is 1. The maximum absolute atomic E-state index is 11.4. The Labute approximate surface area is 123 Å². The lowest BCUT2D eigenvalue weighted by Crippen LogP contribution is -2.33. The summed E-state index contributed by atoms with van der Waals surface area (Å²) >= 11 is 0. The van der Waals surface area contributed by atoms with E-state index >= 15 is 0 Å². The molecule has 124 valence electrons. The fraction of sp³-hybridized carbons (Fsp3) is 0.556. The summed E-state index contributed by atoms with van der Waals surface area (Å²) in [5, 5.41) is 27.5. The van der Waals surface area contributed by atoms with Crippen molar-refractivity contribution in [3.63, 3.8) is 0 Å². The lowest BCUT2D eigenvalue weighted by molar-refractivity contribution is -0.0559. The van der Waals surface area contributed by atoms with Crippen LogP contribution in [0.5, 0.6) is 0 Å². The van der Waals surface area contributed by atoms with Crippen LogP contribution in [0.15, 0.2) is 5.16 Å². The zero-order valence-electron chi connectivity index (χ0n) is 10.9. The van der Waals surface area contributed by atoms with Crippen LogP contribution in [-0.4, -0.2) is 68.7 Å². The first-order valence-electron chi connectivity index (χ1n) is 5.87. The molecule has 13 heteroatoms. The highest BCUT2D eigenvalue weighted by atomic mass is 32.2. The molecule has 8 N–H and O–H groups in total. The Balaban J connectivity index is 2.62. The molecule has 0 aliphatic carbocycles. The molecule has 0 spiro atoms. The molecule has 2 rings (SSSR count). The van der Waals surface area contributed by atoms with Gasteiger partial charge in [-0.1, -0.05) is 0 Å². The quantitative estimate of drug-likeness (QED) is 0.297. The van der Waals surface area contributed by atoms with Gasteiger partial charge in [0.25, 0.3) is 11.1 Å². The van der Waals surface area contributed by atoms with E-state index in [1.54, 1.807) is 0 Å². The molecule has 2 heterocycles. The molecule has 1 aromatic heterocycles. The largest absolute Gasteiger partial charge is 0.394 e. The Hall–Kier alpha value is -1.77. The fourth-order valence-electron chi connectivity index (χ4n) is 2.13. The van der Waals surface area contributed by atoms with Gasteiger partial charge in [0.2, 0.25) is 0 Å². The number of nitrogens with two attached hydrogens (primary N) is 2. The van der Waals surface area contributed by atoms with Gasteiger partial charge in [-0.05, 0) is 0 Å². The second kappa shape index (κ2) is 5.45. The van der Waals surface area contributed by atoms with Crippen LogP contribution in [0, 0.1) is 0 Å². The second-order valence-electron chi connectivity index (χ2n) is 4.57. The highest BCUT2D eigenvalue weighted by Crippen LogP contribution is 2.34. The fourth-order valence-corrected chi connectivity index (χ4v) is 2.78. The molecule has 0 unspecified atom stereocenters. The lowest BCUT2D eigenvalue weighted by atomic mass is 10.1. The first-order chi connectivity index (χ1) is 10.1. The summed E-state index contributed by atoms with van der Waals surface area (Å²) in [5.74, 6) is -1.76. The molecule has 0 saturated carbocycles. The predicted octanol–water partition coefficient (Wildman–Crippen LogP) is -3.58. The molecule has 1 aliphatic rings. The van der Waals surface area contributed by atoms with Crippen molar-refractivity contribution < 1.29 is 37.8 Å². The van der Waals surface area contributed by atoms with Crippen molar-refractivity contribution in [3.8, 4) is 0 Å². The van der Waals surface area contributed by atoms with Crippen molar-refractivity contribution in [3.05, 3.63) is 5.69 Å². The highest BCUT2D eigenvalue weighted by Gasteiger charge is 2.46. The van der Waals surface area contributed by atoms with Crippen LogP contribution in [0.1, 0.15) is 16.7 Å². The van der Waals surface area contributed by atoms with E-state index < -0.39 is 63.8 Å². The van der Waals surface area contributed by atoms with Crippen LogP contribution in [0.4, 0.5) is 5.82 Å². The zero-order valence-corrected chi connectivity index (χ0v) is 11.7. The topological polar surface area (TPSA) is 211 Å². The molecular formula is C9H14N4O8S. The summed E-state index contributed by atoms with van der Waals surface area (Å²) in [5.41, 5.74) is 9.89. The zero-order chi connectivity index (χ0) is 16.8. The van der Waals surface area contributed by atoms with Crippen molar-refractivity contribution in [2.24, 2.45) is 5.73 Å². The van der Waals surface area contributed by atoms with Crippen molar-refractivity contribution >= 4 is 21.8 Å². The third kappa shape index (κ3) is 2.53. The summed E-state index contributed by atoms with van der Waals surface area (Å²) in [4.78, 5) is 14.5. The van der Waals surface area contributed by atoms with E-state index in [9.17, 15) is 23.4 Å². The number of imidazole rings is 1. The number of hydrogen-bond acceptors (Lipinski definition) is 9. The van der Waals surface area contributed by atoms with Gasteiger partial charge < -0.3 is 31.5 Å². The standard InChI is InChI=1S/C9H14N4O8S/c10-6-3(7(11)17)12-9(22(18,19)20)13(6)8-5(16)4(15)2(1-14)21-8/h2,4-5,8,14-16H,1,10H2,(H2,11,17)(H,18,19,20)/t2-,4-,5-,8-/m1/s1. The van der Waals surface area contributed by atoms with Gasteiger partial charge in [-0.25, -0.2) is 4.98 Å². The molecule has 0 radical (unpaired) electrons. The number of ether oxygens (including phenoxy) is 1. The highest BCUT2D eigenvalue weighted by molar-refractivity contribution is 7.85. The Morgan fingerprint density at radius 3 is 2.36 bits per heavy atom. The number of aromatic nitrogens is 2. The summed E-state index contributed by atoms with van der Waals surface area (Å²) in [6.07, 6.45) is -6.09. The van der Waals surface area contributed by atoms with E-state index in [4.69, 9.17) is 25.9 Å². The maximum atomic E-state index is 11.4. The molecule has 1 aromatic rings. The number of nitrogens with zero attached hydrogens (tertiary/aromatic N) is 2. The van der Waals surface area contributed by atoms with Gasteiger partial charge in [0.15, 0.2) is 11.9 Å². The Kier molecular flexibility index (Phi) is 4.12. The van der Waals surface area contributed by atoms with E-state index in [0.29, 0.717) is 4.57 Å². The smallest absolute Gasteiger partial charge is 0.328 e. The lowest BCUT2D eigenvalue weighted by Gasteiger charge is -2.19. The summed E-state index contributed by atoms with van der Waals surface area (Å²) in [6.45, 7) is -0.673. The molecule has 1 amide bonds. The Bertz CT molecular complexity index is 701.